The summed E-state index contributed by atoms with van der Waals surface area (Å²) in [5, 5.41) is 8.83. The minimum absolute atomic E-state index is 0.122. The van der Waals surface area contributed by atoms with Crippen LogP contribution in [0.15, 0.2) is 42.5 Å². The van der Waals surface area contributed by atoms with Gasteiger partial charge in [0.2, 0.25) is 5.91 Å². The number of hydrogen-bond acceptors (Lipinski definition) is 3. The highest BCUT2D eigenvalue weighted by atomic mass is 16.5. The molecule has 2 unspecified atom stereocenters. The van der Waals surface area contributed by atoms with Gasteiger partial charge in [-0.15, -0.1) is 0 Å². The highest BCUT2D eigenvalue weighted by molar-refractivity contribution is 5.88. The van der Waals surface area contributed by atoms with Crippen LogP contribution in [0.1, 0.15) is 32.6 Å². The van der Waals surface area contributed by atoms with Crippen LogP contribution in [-0.2, 0) is 4.79 Å². The first-order valence-corrected chi connectivity index (χ1v) is 8.87. The van der Waals surface area contributed by atoms with Gasteiger partial charge in [0.15, 0.2) is 0 Å². The molecule has 0 aliphatic carbocycles. The van der Waals surface area contributed by atoms with Crippen molar-refractivity contribution >= 4 is 16.7 Å². The van der Waals surface area contributed by atoms with Gasteiger partial charge in [0.05, 0.1) is 6.61 Å². The third-order valence-corrected chi connectivity index (χ3v) is 4.66. The molecule has 2 atom stereocenters. The molecule has 2 N–H and O–H groups in total. The summed E-state index contributed by atoms with van der Waals surface area (Å²) in [6.45, 7) is 3.74. The van der Waals surface area contributed by atoms with Gasteiger partial charge in [-0.05, 0) is 44.2 Å². The Hall–Kier alpha value is -2.07. The molecule has 2 aromatic carbocycles. The zero-order valence-electron chi connectivity index (χ0n) is 14.3. The van der Waals surface area contributed by atoms with Crippen molar-refractivity contribution in [3.63, 3.8) is 0 Å². The lowest BCUT2D eigenvalue weighted by Gasteiger charge is -2.30. The van der Waals surface area contributed by atoms with Crippen molar-refractivity contribution in [3.8, 4) is 5.75 Å². The SMILES string of the molecule is CC1NCCCC1NC(=O)CCCOc1cccc2ccccc12. The summed E-state index contributed by atoms with van der Waals surface area (Å²) in [6, 6.07) is 14.9. The van der Waals surface area contributed by atoms with E-state index in [1.54, 1.807) is 0 Å². The Bertz CT molecular complexity index is 681. The van der Waals surface area contributed by atoms with E-state index in [1.165, 1.54) is 5.39 Å². The van der Waals surface area contributed by atoms with E-state index in [1.807, 2.05) is 24.3 Å². The van der Waals surface area contributed by atoms with Crippen LogP contribution in [0.2, 0.25) is 0 Å². The number of hydrogen-bond donors (Lipinski definition) is 2. The van der Waals surface area contributed by atoms with E-state index in [4.69, 9.17) is 4.74 Å². The Labute approximate surface area is 143 Å². The number of rotatable bonds is 6. The lowest BCUT2D eigenvalue weighted by Crippen LogP contribution is -2.51. The van der Waals surface area contributed by atoms with Gasteiger partial charge in [-0.1, -0.05) is 36.4 Å². The molecule has 0 aromatic heterocycles. The number of fused-ring (bicyclic) bond motifs is 1. The van der Waals surface area contributed by atoms with Gasteiger partial charge in [-0.25, -0.2) is 0 Å². The summed E-state index contributed by atoms with van der Waals surface area (Å²) < 4.78 is 5.89. The Balaban J connectivity index is 1.44. The quantitative estimate of drug-likeness (QED) is 0.801. The molecule has 1 saturated heterocycles. The molecule has 1 fully saturated rings. The molecule has 24 heavy (non-hydrogen) atoms. The van der Waals surface area contributed by atoms with Gasteiger partial charge in [-0.2, -0.15) is 0 Å². The molecule has 1 aliphatic rings. The number of carbonyl (C=O) groups is 1. The fraction of sp³-hybridized carbons (Fsp3) is 0.450. The van der Waals surface area contributed by atoms with Crippen molar-refractivity contribution < 1.29 is 9.53 Å². The second kappa shape index (κ2) is 8.15. The maximum Gasteiger partial charge on any atom is 0.220 e. The van der Waals surface area contributed by atoms with Crippen molar-refractivity contribution in [3.05, 3.63) is 42.5 Å². The van der Waals surface area contributed by atoms with Crippen LogP contribution < -0.4 is 15.4 Å². The van der Waals surface area contributed by atoms with Gasteiger partial charge in [0.25, 0.3) is 0 Å². The van der Waals surface area contributed by atoms with Crippen LogP contribution in [0.4, 0.5) is 0 Å². The number of piperidine rings is 1. The van der Waals surface area contributed by atoms with Crippen molar-refractivity contribution in [2.45, 2.75) is 44.7 Å². The molecule has 128 valence electrons. The molecule has 0 bridgehead atoms. The summed E-state index contributed by atoms with van der Waals surface area (Å²) in [7, 11) is 0. The number of ether oxygens (including phenoxy) is 1. The predicted octanol–water partition coefficient (Wildman–Crippen LogP) is 3.26. The van der Waals surface area contributed by atoms with Gasteiger partial charge >= 0.3 is 0 Å². The third-order valence-electron chi connectivity index (χ3n) is 4.66. The van der Waals surface area contributed by atoms with Crippen LogP contribution >= 0.6 is 0 Å². The first-order valence-electron chi connectivity index (χ1n) is 8.87. The minimum atomic E-state index is 0.122. The first-order chi connectivity index (χ1) is 11.7. The lowest BCUT2D eigenvalue weighted by molar-refractivity contribution is -0.122. The highest BCUT2D eigenvalue weighted by Gasteiger charge is 2.21. The molecule has 4 heteroatoms. The molecule has 0 spiro atoms. The molecule has 3 rings (SSSR count). The van der Waals surface area contributed by atoms with Crippen LogP contribution in [0.3, 0.4) is 0 Å². The van der Waals surface area contributed by atoms with E-state index in [0.717, 1.165) is 36.9 Å². The van der Waals surface area contributed by atoms with Crippen molar-refractivity contribution in [2.24, 2.45) is 0 Å². The summed E-state index contributed by atoms with van der Waals surface area (Å²) in [6.07, 6.45) is 3.42. The molecule has 0 saturated carbocycles. The molecule has 1 amide bonds. The predicted molar refractivity (Wildman–Crippen MR) is 97.3 cm³/mol. The number of carbonyl (C=O) groups excluding carboxylic acids is 1. The Morgan fingerprint density at radius 3 is 2.96 bits per heavy atom. The fourth-order valence-electron chi connectivity index (χ4n) is 3.26. The standard InChI is InChI=1S/C20H26N2O2/c1-15-18(10-5-13-21-15)22-20(23)12-6-14-24-19-11-4-8-16-7-2-3-9-17(16)19/h2-4,7-9,11,15,18,21H,5-6,10,12-14H2,1H3,(H,22,23). The van der Waals surface area contributed by atoms with Crippen molar-refractivity contribution in [1.29, 1.82) is 0 Å². The summed E-state index contributed by atoms with van der Waals surface area (Å²) in [5.74, 6) is 1.01. The number of nitrogens with one attached hydrogen (secondary N) is 2. The topological polar surface area (TPSA) is 50.4 Å². The monoisotopic (exact) mass is 326 g/mol. The molecule has 2 aromatic rings. The summed E-state index contributed by atoms with van der Waals surface area (Å²) in [5.41, 5.74) is 0. The van der Waals surface area contributed by atoms with E-state index in [-0.39, 0.29) is 11.9 Å². The van der Waals surface area contributed by atoms with E-state index < -0.39 is 0 Å². The first kappa shape index (κ1) is 16.8. The normalized spacial score (nSPS) is 20.7. The third kappa shape index (κ3) is 4.26. The lowest BCUT2D eigenvalue weighted by atomic mass is 10.00. The second-order valence-corrected chi connectivity index (χ2v) is 6.49. The molecule has 4 nitrogen and oxygen atoms in total. The van der Waals surface area contributed by atoms with Crippen LogP contribution in [0.25, 0.3) is 10.8 Å². The van der Waals surface area contributed by atoms with Crippen LogP contribution in [-0.4, -0.2) is 31.1 Å². The Morgan fingerprint density at radius 2 is 2.08 bits per heavy atom. The van der Waals surface area contributed by atoms with Gasteiger partial charge in [0, 0.05) is 23.9 Å². The molecule has 0 radical (unpaired) electrons. The molecule has 1 heterocycles. The highest BCUT2D eigenvalue weighted by Crippen LogP contribution is 2.25. The van der Waals surface area contributed by atoms with Crippen LogP contribution in [0.5, 0.6) is 5.75 Å². The van der Waals surface area contributed by atoms with E-state index in [0.29, 0.717) is 19.1 Å². The second-order valence-electron chi connectivity index (χ2n) is 6.49. The number of amides is 1. The smallest absolute Gasteiger partial charge is 0.220 e. The van der Waals surface area contributed by atoms with E-state index in [2.05, 4.69) is 35.8 Å². The zero-order chi connectivity index (χ0) is 16.8. The maximum absolute atomic E-state index is 12.1. The summed E-state index contributed by atoms with van der Waals surface area (Å²) in [4.78, 5) is 12.1. The zero-order valence-corrected chi connectivity index (χ0v) is 14.3. The van der Waals surface area contributed by atoms with Gasteiger partial charge in [-0.3, -0.25) is 4.79 Å². The maximum atomic E-state index is 12.1. The van der Waals surface area contributed by atoms with E-state index in [9.17, 15) is 4.79 Å². The molecular formula is C20H26N2O2. The Kier molecular flexibility index (Phi) is 5.70. The van der Waals surface area contributed by atoms with E-state index >= 15 is 0 Å². The summed E-state index contributed by atoms with van der Waals surface area (Å²) >= 11 is 0. The van der Waals surface area contributed by atoms with Crippen LogP contribution in [0, 0.1) is 0 Å². The molecular weight excluding hydrogens is 300 g/mol. The Morgan fingerprint density at radius 1 is 1.25 bits per heavy atom. The van der Waals surface area contributed by atoms with Gasteiger partial charge < -0.3 is 15.4 Å². The number of benzene rings is 2. The average Bonchev–Trinajstić information content (AvgIpc) is 2.61. The fourth-order valence-corrected chi connectivity index (χ4v) is 3.26. The average molecular weight is 326 g/mol. The van der Waals surface area contributed by atoms with Gasteiger partial charge in [0.1, 0.15) is 5.75 Å². The minimum Gasteiger partial charge on any atom is -0.493 e. The molecule has 1 aliphatic heterocycles. The van der Waals surface area contributed by atoms with Crippen molar-refractivity contribution in [2.75, 3.05) is 13.2 Å². The van der Waals surface area contributed by atoms with Crippen molar-refractivity contribution in [1.82, 2.24) is 10.6 Å². The largest absolute Gasteiger partial charge is 0.493 e.